The SMILES string of the molecule is CCCn1c(-c2cnn(C)c2C)n[nH]c1=S. The maximum Gasteiger partial charge on any atom is 0.195 e. The summed E-state index contributed by atoms with van der Waals surface area (Å²) in [6.07, 6.45) is 2.85. The summed E-state index contributed by atoms with van der Waals surface area (Å²) in [4.78, 5) is 0. The molecule has 0 unspecified atom stereocenters. The Bertz CT molecular complexity index is 548. The first-order chi connectivity index (χ1) is 7.65. The Morgan fingerprint density at radius 1 is 1.50 bits per heavy atom. The second-order valence-corrected chi connectivity index (χ2v) is 4.16. The average molecular weight is 237 g/mol. The van der Waals surface area contributed by atoms with Gasteiger partial charge in [0.25, 0.3) is 0 Å². The molecular weight excluding hydrogens is 222 g/mol. The summed E-state index contributed by atoms with van der Waals surface area (Å²) >= 11 is 5.21. The highest BCUT2D eigenvalue weighted by molar-refractivity contribution is 7.71. The van der Waals surface area contributed by atoms with E-state index < -0.39 is 0 Å². The molecule has 16 heavy (non-hydrogen) atoms. The molecule has 0 aliphatic carbocycles. The molecule has 0 aliphatic rings. The minimum atomic E-state index is 0.667. The number of aryl methyl sites for hydroxylation is 1. The number of hydrogen-bond donors (Lipinski definition) is 1. The maximum absolute atomic E-state index is 5.21. The third kappa shape index (κ3) is 1.69. The van der Waals surface area contributed by atoms with Gasteiger partial charge in [-0.25, -0.2) is 0 Å². The van der Waals surface area contributed by atoms with E-state index in [1.807, 2.05) is 29.4 Å². The minimum absolute atomic E-state index is 0.667. The molecule has 1 N–H and O–H groups in total. The van der Waals surface area contributed by atoms with E-state index in [1.165, 1.54) is 0 Å². The second kappa shape index (κ2) is 4.21. The van der Waals surface area contributed by atoms with Crippen molar-refractivity contribution in [3.8, 4) is 11.4 Å². The number of rotatable bonds is 3. The largest absolute Gasteiger partial charge is 0.300 e. The van der Waals surface area contributed by atoms with Gasteiger partial charge in [0.15, 0.2) is 10.6 Å². The zero-order chi connectivity index (χ0) is 11.7. The summed E-state index contributed by atoms with van der Waals surface area (Å²) in [5.74, 6) is 0.873. The van der Waals surface area contributed by atoms with Crippen LogP contribution in [-0.4, -0.2) is 24.5 Å². The van der Waals surface area contributed by atoms with Crippen LogP contribution >= 0.6 is 12.2 Å². The third-order valence-corrected chi connectivity index (χ3v) is 2.99. The Labute approximate surface area is 99.1 Å². The van der Waals surface area contributed by atoms with Crippen LogP contribution in [0.3, 0.4) is 0 Å². The number of nitrogens with one attached hydrogen (secondary N) is 1. The molecule has 6 heteroatoms. The van der Waals surface area contributed by atoms with E-state index in [9.17, 15) is 0 Å². The minimum Gasteiger partial charge on any atom is -0.300 e. The maximum atomic E-state index is 5.21. The zero-order valence-electron chi connectivity index (χ0n) is 9.69. The van der Waals surface area contributed by atoms with Crippen molar-refractivity contribution in [1.29, 1.82) is 0 Å². The lowest BCUT2D eigenvalue weighted by Crippen LogP contribution is -2.01. The van der Waals surface area contributed by atoms with E-state index in [-0.39, 0.29) is 0 Å². The summed E-state index contributed by atoms with van der Waals surface area (Å²) in [5.41, 5.74) is 2.12. The normalized spacial score (nSPS) is 10.9. The topological polar surface area (TPSA) is 51.4 Å². The molecule has 0 bridgehead atoms. The first-order valence-electron chi connectivity index (χ1n) is 5.29. The highest BCUT2D eigenvalue weighted by Crippen LogP contribution is 2.20. The van der Waals surface area contributed by atoms with Gasteiger partial charge in [-0.3, -0.25) is 9.78 Å². The standard InChI is InChI=1S/C10H15N5S/c1-4-5-15-9(12-13-10(15)16)8-6-11-14(3)7(8)2/h6H,4-5H2,1-3H3,(H,13,16). The number of aromatic amines is 1. The predicted octanol–water partition coefficient (Wildman–Crippen LogP) is 2.06. The Morgan fingerprint density at radius 3 is 2.81 bits per heavy atom. The van der Waals surface area contributed by atoms with Gasteiger partial charge in [-0.2, -0.15) is 10.2 Å². The van der Waals surface area contributed by atoms with Gasteiger partial charge >= 0.3 is 0 Å². The van der Waals surface area contributed by atoms with Crippen LogP contribution in [0.4, 0.5) is 0 Å². The molecule has 0 amide bonds. The second-order valence-electron chi connectivity index (χ2n) is 3.77. The van der Waals surface area contributed by atoms with E-state index in [2.05, 4.69) is 22.2 Å². The Kier molecular flexibility index (Phi) is 2.91. The number of H-pyrrole nitrogens is 1. The summed E-state index contributed by atoms with van der Waals surface area (Å²) < 4.78 is 4.52. The summed E-state index contributed by atoms with van der Waals surface area (Å²) in [6, 6.07) is 0. The van der Waals surface area contributed by atoms with Crippen molar-refractivity contribution in [3.63, 3.8) is 0 Å². The van der Waals surface area contributed by atoms with Crippen LogP contribution < -0.4 is 0 Å². The smallest absolute Gasteiger partial charge is 0.195 e. The molecule has 2 heterocycles. The van der Waals surface area contributed by atoms with Crippen LogP contribution in [0, 0.1) is 11.7 Å². The predicted molar refractivity (Wildman–Crippen MR) is 64.6 cm³/mol. The van der Waals surface area contributed by atoms with Crippen molar-refractivity contribution in [2.24, 2.45) is 7.05 Å². The van der Waals surface area contributed by atoms with E-state index in [0.717, 1.165) is 30.0 Å². The Balaban J connectivity index is 2.56. The molecule has 0 aromatic carbocycles. The third-order valence-electron chi connectivity index (χ3n) is 2.68. The van der Waals surface area contributed by atoms with E-state index >= 15 is 0 Å². The van der Waals surface area contributed by atoms with Gasteiger partial charge in [0.2, 0.25) is 0 Å². The fourth-order valence-electron chi connectivity index (χ4n) is 1.67. The van der Waals surface area contributed by atoms with Gasteiger partial charge in [-0.05, 0) is 25.6 Å². The van der Waals surface area contributed by atoms with Crippen molar-refractivity contribution < 1.29 is 0 Å². The molecule has 0 atom stereocenters. The lowest BCUT2D eigenvalue weighted by atomic mass is 10.2. The highest BCUT2D eigenvalue weighted by atomic mass is 32.1. The molecule has 2 rings (SSSR count). The molecule has 0 saturated carbocycles. The zero-order valence-corrected chi connectivity index (χ0v) is 10.5. The lowest BCUT2D eigenvalue weighted by molar-refractivity contribution is 0.674. The fraction of sp³-hybridized carbons (Fsp3) is 0.500. The quantitative estimate of drug-likeness (QED) is 0.831. The van der Waals surface area contributed by atoms with Crippen LogP contribution in [0.1, 0.15) is 19.0 Å². The molecular formula is C10H15N5S. The molecule has 0 spiro atoms. The monoisotopic (exact) mass is 237 g/mol. The van der Waals surface area contributed by atoms with Crippen molar-refractivity contribution >= 4 is 12.2 Å². The van der Waals surface area contributed by atoms with Crippen molar-refractivity contribution in [3.05, 3.63) is 16.7 Å². The van der Waals surface area contributed by atoms with Gasteiger partial charge < -0.3 is 4.57 Å². The average Bonchev–Trinajstić information content (AvgIpc) is 2.76. The first-order valence-corrected chi connectivity index (χ1v) is 5.70. The van der Waals surface area contributed by atoms with E-state index in [1.54, 1.807) is 0 Å². The molecule has 86 valence electrons. The van der Waals surface area contributed by atoms with Crippen LogP contribution in [0.2, 0.25) is 0 Å². The molecule has 0 aliphatic heterocycles. The van der Waals surface area contributed by atoms with Gasteiger partial charge in [0.1, 0.15) is 0 Å². The van der Waals surface area contributed by atoms with E-state index in [4.69, 9.17) is 12.2 Å². The number of aromatic nitrogens is 5. The highest BCUT2D eigenvalue weighted by Gasteiger charge is 2.13. The van der Waals surface area contributed by atoms with Gasteiger partial charge in [-0.1, -0.05) is 6.92 Å². The van der Waals surface area contributed by atoms with Gasteiger partial charge in [0, 0.05) is 19.3 Å². The number of nitrogens with zero attached hydrogens (tertiary/aromatic N) is 4. The van der Waals surface area contributed by atoms with E-state index in [0.29, 0.717) is 4.77 Å². The molecule has 0 fully saturated rings. The summed E-state index contributed by atoms with van der Waals surface area (Å²) in [5, 5.41) is 11.3. The van der Waals surface area contributed by atoms with Crippen molar-refractivity contribution in [2.75, 3.05) is 0 Å². The Hall–Kier alpha value is -1.43. The molecule has 5 nitrogen and oxygen atoms in total. The van der Waals surface area contributed by atoms with Crippen molar-refractivity contribution in [1.82, 2.24) is 24.5 Å². The van der Waals surface area contributed by atoms with Gasteiger partial charge in [0.05, 0.1) is 11.8 Å². The summed E-state index contributed by atoms with van der Waals surface area (Å²) in [7, 11) is 1.92. The van der Waals surface area contributed by atoms with Crippen LogP contribution in [0.5, 0.6) is 0 Å². The molecule has 0 saturated heterocycles. The lowest BCUT2D eigenvalue weighted by Gasteiger charge is -2.04. The van der Waals surface area contributed by atoms with Crippen molar-refractivity contribution in [2.45, 2.75) is 26.8 Å². The van der Waals surface area contributed by atoms with Crippen LogP contribution in [0.25, 0.3) is 11.4 Å². The van der Waals surface area contributed by atoms with Crippen LogP contribution in [-0.2, 0) is 13.6 Å². The first kappa shape index (κ1) is 11.1. The Morgan fingerprint density at radius 2 is 2.25 bits per heavy atom. The summed E-state index contributed by atoms with van der Waals surface area (Å²) in [6.45, 7) is 5.02. The molecule has 2 aromatic rings. The number of hydrogen-bond acceptors (Lipinski definition) is 3. The molecule has 2 aromatic heterocycles. The van der Waals surface area contributed by atoms with Crippen LogP contribution in [0.15, 0.2) is 6.20 Å². The fourth-order valence-corrected chi connectivity index (χ4v) is 1.90. The molecule has 0 radical (unpaired) electrons. The van der Waals surface area contributed by atoms with Gasteiger partial charge in [-0.15, -0.1) is 0 Å².